The normalized spacial score (nSPS) is 17.2. The third kappa shape index (κ3) is 4.43. The number of sulfone groups is 1. The Morgan fingerprint density at radius 1 is 1.21 bits per heavy atom. The lowest BCUT2D eigenvalue weighted by Crippen LogP contribution is -2.43. The topological polar surface area (TPSA) is 124 Å². The molecule has 0 fully saturated rings. The number of hydrogen-bond donors (Lipinski definition) is 0. The number of ether oxygens (including phenoxy) is 1. The lowest BCUT2D eigenvalue weighted by molar-refractivity contribution is -0.380. The first kappa shape index (κ1) is 19.7. The number of esters is 1. The van der Waals surface area contributed by atoms with E-state index in [1.54, 1.807) is 30.3 Å². The lowest BCUT2D eigenvalue weighted by Gasteiger charge is -2.27. The molecule has 0 spiro atoms. The number of carbonyl (C=O) groups excluding carboxylic acids is 2. The number of benzene rings is 1. The van der Waals surface area contributed by atoms with Crippen molar-refractivity contribution in [2.24, 2.45) is 0 Å². The average molecular weight is 422 g/mol. The van der Waals surface area contributed by atoms with E-state index in [0.717, 1.165) is 5.41 Å². The molecule has 1 aromatic carbocycles. The lowest BCUT2D eigenvalue weighted by atomic mass is 10.2. The van der Waals surface area contributed by atoms with Crippen molar-refractivity contribution in [2.45, 2.75) is 6.04 Å². The number of nitrogens with zero attached hydrogens (tertiary/aromatic N) is 2. The van der Waals surface area contributed by atoms with Crippen molar-refractivity contribution in [1.29, 1.82) is 0 Å². The summed E-state index contributed by atoms with van der Waals surface area (Å²) in [6.45, 7) is -0.635. The molecule has 0 saturated heterocycles. The first-order chi connectivity index (χ1) is 13.3. The number of rotatable bonds is 6. The Morgan fingerprint density at radius 2 is 1.93 bits per heavy atom. The van der Waals surface area contributed by atoms with Gasteiger partial charge < -0.3 is 9.64 Å². The smallest absolute Gasteiger partial charge is 0.349 e. The zero-order chi connectivity index (χ0) is 20.3. The van der Waals surface area contributed by atoms with E-state index in [9.17, 15) is 28.1 Å². The highest BCUT2D eigenvalue weighted by atomic mass is 32.2. The van der Waals surface area contributed by atoms with E-state index in [1.165, 1.54) is 23.1 Å². The molecule has 0 unspecified atom stereocenters. The predicted octanol–water partition coefficient (Wildman–Crippen LogP) is 2.16. The molecule has 0 bridgehead atoms. The van der Waals surface area contributed by atoms with Crippen molar-refractivity contribution in [3.8, 4) is 0 Å². The van der Waals surface area contributed by atoms with Crippen LogP contribution in [0.15, 0.2) is 53.9 Å². The molecule has 0 saturated carbocycles. The molecule has 28 heavy (non-hydrogen) atoms. The molecule has 1 amide bonds. The molecule has 1 aromatic heterocycles. The first-order valence-corrected chi connectivity index (χ1v) is 10.5. The molecule has 146 valence electrons. The minimum atomic E-state index is -3.41. The van der Waals surface area contributed by atoms with Crippen LogP contribution >= 0.6 is 11.3 Å². The number of carbonyl (C=O) groups is 2. The maximum Gasteiger partial charge on any atom is 0.349 e. The molecule has 9 nitrogen and oxygen atoms in total. The largest absolute Gasteiger partial charge is 0.451 e. The van der Waals surface area contributed by atoms with Gasteiger partial charge in [-0.15, -0.1) is 0 Å². The van der Waals surface area contributed by atoms with Gasteiger partial charge >= 0.3 is 11.0 Å². The van der Waals surface area contributed by atoms with E-state index >= 15 is 0 Å². The average Bonchev–Trinajstić information content (AvgIpc) is 3.28. The van der Waals surface area contributed by atoms with Gasteiger partial charge in [-0.3, -0.25) is 14.9 Å². The van der Waals surface area contributed by atoms with Gasteiger partial charge in [0.15, 0.2) is 16.4 Å². The van der Waals surface area contributed by atoms with Crippen LogP contribution in [-0.2, 0) is 19.4 Å². The molecule has 3 rings (SSSR count). The van der Waals surface area contributed by atoms with Gasteiger partial charge in [0.05, 0.1) is 16.7 Å². The van der Waals surface area contributed by atoms with Crippen LogP contribution in [0, 0.1) is 10.1 Å². The van der Waals surface area contributed by atoms with Crippen molar-refractivity contribution in [1.82, 2.24) is 0 Å². The number of thiophene rings is 1. The van der Waals surface area contributed by atoms with Crippen LogP contribution in [0.4, 0.5) is 10.7 Å². The fourth-order valence-electron chi connectivity index (χ4n) is 2.63. The van der Waals surface area contributed by atoms with Gasteiger partial charge in [0.25, 0.3) is 5.91 Å². The summed E-state index contributed by atoms with van der Waals surface area (Å²) in [6.07, 6.45) is 1.41. The number of nitro groups is 1. The number of hydrogen-bond acceptors (Lipinski definition) is 8. The van der Waals surface area contributed by atoms with Crippen LogP contribution in [0.3, 0.4) is 0 Å². The Morgan fingerprint density at radius 3 is 2.50 bits per heavy atom. The Labute approximate surface area is 163 Å². The summed E-state index contributed by atoms with van der Waals surface area (Å²) in [5.74, 6) is -1.75. The Kier molecular flexibility index (Phi) is 5.56. The molecular formula is C17H14N2O7S2. The van der Waals surface area contributed by atoms with Gasteiger partial charge in [-0.05, 0) is 24.3 Å². The second-order valence-corrected chi connectivity index (χ2v) is 8.79. The maximum absolute atomic E-state index is 12.7. The maximum atomic E-state index is 12.7. The van der Waals surface area contributed by atoms with E-state index in [-0.39, 0.29) is 15.6 Å². The standard InChI is InChI=1S/C17H14N2O7S2/c20-15(10-26-17(21)14-6-7-16(27-14)19(22)23)18(12-4-2-1-3-5-12)13-8-9-28(24,25)11-13/h1-9,13H,10-11H2/t13-/m1/s1. The summed E-state index contributed by atoms with van der Waals surface area (Å²) in [5, 5.41) is 11.5. The van der Waals surface area contributed by atoms with Gasteiger partial charge in [-0.1, -0.05) is 29.5 Å². The van der Waals surface area contributed by atoms with Crippen LogP contribution in [0.25, 0.3) is 0 Å². The number of anilines is 1. The number of amides is 1. The van der Waals surface area contributed by atoms with Crippen LogP contribution in [0.5, 0.6) is 0 Å². The fraction of sp³-hybridized carbons (Fsp3) is 0.176. The molecule has 1 aliphatic rings. The van der Waals surface area contributed by atoms with E-state index in [2.05, 4.69) is 0 Å². The van der Waals surface area contributed by atoms with Crippen LogP contribution in [-0.4, -0.2) is 43.6 Å². The van der Waals surface area contributed by atoms with Crippen LogP contribution in [0.1, 0.15) is 9.67 Å². The highest BCUT2D eigenvalue weighted by molar-refractivity contribution is 7.94. The Balaban J connectivity index is 1.73. The summed E-state index contributed by atoms with van der Waals surface area (Å²) in [7, 11) is -3.41. The van der Waals surface area contributed by atoms with E-state index < -0.39 is 39.3 Å². The Hall–Kier alpha value is -3.05. The van der Waals surface area contributed by atoms with Gasteiger partial charge in [-0.25, -0.2) is 13.2 Å². The minimum absolute atomic E-state index is 0.00546. The predicted molar refractivity (Wildman–Crippen MR) is 102 cm³/mol. The molecule has 0 aliphatic carbocycles. The van der Waals surface area contributed by atoms with E-state index in [4.69, 9.17) is 4.74 Å². The van der Waals surface area contributed by atoms with Crippen LogP contribution < -0.4 is 4.90 Å². The highest BCUT2D eigenvalue weighted by Gasteiger charge is 2.32. The molecule has 0 N–H and O–H groups in total. The summed E-state index contributed by atoms with van der Waals surface area (Å²) < 4.78 is 28.5. The van der Waals surface area contributed by atoms with Crippen molar-refractivity contribution in [3.63, 3.8) is 0 Å². The summed E-state index contributed by atoms with van der Waals surface area (Å²) in [4.78, 5) is 36.1. The van der Waals surface area contributed by atoms with Crippen molar-refractivity contribution in [3.05, 3.63) is 68.9 Å². The molecule has 0 radical (unpaired) electrons. The van der Waals surface area contributed by atoms with Crippen molar-refractivity contribution < 1.29 is 27.7 Å². The molecular weight excluding hydrogens is 408 g/mol. The van der Waals surface area contributed by atoms with Gasteiger partial charge in [0, 0.05) is 17.2 Å². The zero-order valence-corrected chi connectivity index (χ0v) is 15.9. The monoisotopic (exact) mass is 422 g/mol. The quantitative estimate of drug-likeness (QED) is 0.397. The third-order valence-corrected chi connectivity index (χ3v) is 6.24. The third-order valence-electron chi connectivity index (χ3n) is 3.85. The zero-order valence-electron chi connectivity index (χ0n) is 14.3. The van der Waals surface area contributed by atoms with E-state index in [0.29, 0.717) is 17.0 Å². The SMILES string of the molecule is O=C(OCC(=O)N(c1ccccc1)[C@@H]1C=CS(=O)(=O)C1)c1ccc([N+](=O)[O-])s1. The van der Waals surface area contributed by atoms with Gasteiger partial charge in [-0.2, -0.15) is 0 Å². The fourth-order valence-corrected chi connectivity index (χ4v) is 4.61. The molecule has 2 aromatic rings. The molecule has 11 heteroatoms. The summed E-state index contributed by atoms with van der Waals surface area (Å²) in [6, 6.07) is 10.1. The summed E-state index contributed by atoms with van der Waals surface area (Å²) >= 11 is 0.642. The van der Waals surface area contributed by atoms with Crippen molar-refractivity contribution in [2.75, 3.05) is 17.3 Å². The summed E-state index contributed by atoms with van der Waals surface area (Å²) in [5.41, 5.74) is 0.460. The molecule has 2 heterocycles. The Bertz CT molecular complexity index is 1040. The molecule has 1 atom stereocenters. The van der Waals surface area contributed by atoms with Gasteiger partial charge in [0.2, 0.25) is 0 Å². The van der Waals surface area contributed by atoms with Crippen LogP contribution in [0.2, 0.25) is 0 Å². The minimum Gasteiger partial charge on any atom is -0.451 e. The van der Waals surface area contributed by atoms with Gasteiger partial charge in [0.1, 0.15) is 4.88 Å². The second kappa shape index (κ2) is 7.90. The van der Waals surface area contributed by atoms with E-state index in [1.807, 2.05) is 0 Å². The molecule has 1 aliphatic heterocycles. The van der Waals surface area contributed by atoms with Crippen molar-refractivity contribution >= 4 is 43.7 Å². The number of para-hydroxylation sites is 1. The first-order valence-electron chi connectivity index (χ1n) is 7.96. The second-order valence-electron chi connectivity index (χ2n) is 5.80. The highest BCUT2D eigenvalue weighted by Crippen LogP contribution is 2.25.